The number of anilines is 1. The molecule has 0 aromatic heterocycles. The summed E-state index contributed by atoms with van der Waals surface area (Å²) >= 11 is 11.8. The molecule has 0 saturated carbocycles. The highest BCUT2D eigenvalue weighted by atomic mass is 35.5. The van der Waals surface area contributed by atoms with Crippen molar-refractivity contribution in [1.82, 2.24) is 0 Å². The molecule has 0 radical (unpaired) electrons. The molecular weight excluding hydrogens is 295 g/mol. The van der Waals surface area contributed by atoms with Crippen molar-refractivity contribution in [1.29, 1.82) is 0 Å². The number of aryl methyl sites for hydroxylation is 1. The van der Waals surface area contributed by atoms with Crippen molar-refractivity contribution in [2.24, 2.45) is 4.99 Å². The lowest BCUT2D eigenvalue weighted by Crippen LogP contribution is -2.19. The fourth-order valence-corrected chi connectivity index (χ4v) is 2.50. The van der Waals surface area contributed by atoms with Crippen molar-refractivity contribution >= 4 is 46.2 Å². The predicted octanol–water partition coefficient (Wildman–Crippen LogP) is 4.64. The van der Waals surface area contributed by atoms with Gasteiger partial charge in [0.2, 0.25) is 5.78 Å². The van der Waals surface area contributed by atoms with E-state index < -0.39 is 0 Å². The minimum Gasteiger partial charge on any atom is -0.337 e. The van der Waals surface area contributed by atoms with E-state index in [1.807, 2.05) is 6.92 Å². The molecule has 0 saturated heterocycles. The number of rotatable bonds is 1. The zero-order valence-corrected chi connectivity index (χ0v) is 12.1. The Labute approximate surface area is 126 Å². The number of Topliss-reactive ketones (excluding diaryl/α,β-unsaturated/α-hetero) is 1. The van der Waals surface area contributed by atoms with Crippen LogP contribution < -0.4 is 5.32 Å². The fraction of sp³-hybridized carbons (Fsp3) is 0.0667. The number of halogens is 2. The van der Waals surface area contributed by atoms with Gasteiger partial charge in [0, 0.05) is 15.7 Å². The molecule has 0 unspecified atom stereocenters. The smallest absolute Gasteiger partial charge is 0.230 e. The molecule has 0 spiro atoms. The molecule has 100 valence electrons. The molecule has 0 fully saturated rings. The van der Waals surface area contributed by atoms with Crippen LogP contribution in [0.4, 0.5) is 11.4 Å². The molecule has 2 aromatic rings. The summed E-state index contributed by atoms with van der Waals surface area (Å²) in [5, 5.41) is 4.19. The van der Waals surface area contributed by atoms with Crippen LogP contribution >= 0.6 is 23.2 Å². The van der Waals surface area contributed by atoms with E-state index in [1.54, 1.807) is 36.4 Å². The summed E-state index contributed by atoms with van der Waals surface area (Å²) < 4.78 is 0. The summed E-state index contributed by atoms with van der Waals surface area (Å²) in [6.45, 7) is 1.88. The number of aliphatic imine (C=N–C) groups is 1. The number of nitrogens with zero attached hydrogens (tertiary/aromatic N) is 1. The van der Waals surface area contributed by atoms with Crippen LogP contribution in [0.5, 0.6) is 0 Å². The van der Waals surface area contributed by atoms with Crippen molar-refractivity contribution < 1.29 is 4.79 Å². The van der Waals surface area contributed by atoms with Gasteiger partial charge in [0.15, 0.2) is 5.84 Å². The third-order valence-corrected chi connectivity index (χ3v) is 3.53. The molecule has 20 heavy (non-hydrogen) atoms. The monoisotopic (exact) mass is 304 g/mol. The molecule has 2 aromatic carbocycles. The van der Waals surface area contributed by atoms with E-state index in [1.165, 1.54) is 0 Å². The summed E-state index contributed by atoms with van der Waals surface area (Å²) in [6, 6.07) is 10.5. The molecule has 5 heteroatoms. The first-order valence-electron chi connectivity index (χ1n) is 6.01. The van der Waals surface area contributed by atoms with Crippen LogP contribution in [-0.4, -0.2) is 11.6 Å². The minimum absolute atomic E-state index is 0.152. The molecule has 0 bridgehead atoms. The molecule has 0 amide bonds. The van der Waals surface area contributed by atoms with Crippen molar-refractivity contribution in [3.05, 3.63) is 57.6 Å². The van der Waals surface area contributed by atoms with E-state index in [0.717, 1.165) is 11.3 Å². The molecule has 1 aliphatic heterocycles. The number of hydrogen-bond acceptors (Lipinski definition) is 3. The van der Waals surface area contributed by atoms with Crippen LogP contribution in [0.2, 0.25) is 10.0 Å². The van der Waals surface area contributed by atoms with Gasteiger partial charge in [-0.05, 0) is 48.9 Å². The van der Waals surface area contributed by atoms with Gasteiger partial charge in [0.1, 0.15) is 0 Å². The number of carbonyl (C=O) groups is 1. The Kier molecular flexibility index (Phi) is 3.24. The van der Waals surface area contributed by atoms with Crippen molar-refractivity contribution in [3.8, 4) is 0 Å². The lowest BCUT2D eigenvalue weighted by molar-refractivity contribution is 0.106. The van der Waals surface area contributed by atoms with Gasteiger partial charge in [0.25, 0.3) is 0 Å². The van der Waals surface area contributed by atoms with Gasteiger partial charge in [-0.1, -0.05) is 23.2 Å². The summed E-state index contributed by atoms with van der Waals surface area (Å²) in [4.78, 5) is 16.6. The summed E-state index contributed by atoms with van der Waals surface area (Å²) in [5.74, 6) is 0.147. The summed E-state index contributed by atoms with van der Waals surface area (Å²) in [7, 11) is 0. The Morgan fingerprint density at radius 1 is 1.05 bits per heavy atom. The third-order valence-electron chi connectivity index (χ3n) is 3.06. The Morgan fingerprint density at radius 3 is 2.45 bits per heavy atom. The van der Waals surface area contributed by atoms with Gasteiger partial charge in [-0.3, -0.25) is 4.79 Å². The Morgan fingerprint density at radius 2 is 1.75 bits per heavy atom. The van der Waals surface area contributed by atoms with Gasteiger partial charge in [0.05, 0.1) is 11.3 Å². The molecule has 0 atom stereocenters. The van der Waals surface area contributed by atoms with Gasteiger partial charge in [-0.25, -0.2) is 4.99 Å². The molecule has 1 N–H and O–H groups in total. The molecule has 3 nitrogen and oxygen atoms in total. The second kappa shape index (κ2) is 4.93. The van der Waals surface area contributed by atoms with E-state index in [2.05, 4.69) is 10.3 Å². The fourth-order valence-electron chi connectivity index (χ4n) is 2.10. The summed E-state index contributed by atoms with van der Waals surface area (Å²) in [6.07, 6.45) is 0. The van der Waals surface area contributed by atoms with Crippen LogP contribution in [0.3, 0.4) is 0 Å². The molecule has 1 heterocycles. The molecule has 1 aliphatic rings. The van der Waals surface area contributed by atoms with Crippen molar-refractivity contribution in [2.45, 2.75) is 6.92 Å². The standard InChI is InChI=1S/C15H10Cl2N2O/c1-8-6-10(17)7-12-13(8)19-15(14(12)20)18-11-4-2-9(16)3-5-11/h2-7H,1H3,(H,18,19,20). The maximum Gasteiger partial charge on any atom is 0.230 e. The third kappa shape index (κ3) is 2.30. The Balaban J connectivity index is 1.94. The normalized spacial score (nSPS) is 13.2. The van der Waals surface area contributed by atoms with Gasteiger partial charge < -0.3 is 5.32 Å². The van der Waals surface area contributed by atoms with E-state index in [-0.39, 0.29) is 5.78 Å². The van der Waals surface area contributed by atoms with E-state index >= 15 is 0 Å². The lowest BCUT2D eigenvalue weighted by atomic mass is 10.1. The van der Waals surface area contributed by atoms with Crippen molar-refractivity contribution in [2.75, 3.05) is 5.32 Å². The molecule has 0 aliphatic carbocycles. The number of nitrogens with one attached hydrogen (secondary N) is 1. The lowest BCUT2D eigenvalue weighted by Gasteiger charge is -2.04. The predicted molar refractivity (Wildman–Crippen MR) is 82.7 cm³/mol. The molecular formula is C15H10Cl2N2O. The Bertz CT molecular complexity index is 736. The second-order valence-corrected chi connectivity index (χ2v) is 5.41. The van der Waals surface area contributed by atoms with Gasteiger partial charge in [-0.15, -0.1) is 0 Å². The topological polar surface area (TPSA) is 41.5 Å². The number of benzene rings is 2. The van der Waals surface area contributed by atoms with E-state index in [4.69, 9.17) is 23.2 Å². The van der Waals surface area contributed by atoms with E-state index in [0.29, 0.717) is 27.1 Å². The average Bonchev–Trinajstić information content (AvgIpc) is 2.71. The van der Waals surface area contributed by atoms with Crippen LogP contribution in [-0.2, 0) is 0 Å². The minimum atomic E-state index is -0.152. The highest BCUT2D eigenvalue weighted by Gasteiger charge is 2.26. The number of ketones is 1. The molecule has 3 rings (SSSR count). The zero-order valence-electron chi connectivity index (χ0n) is 10.6. The number of fused-ring (bicyclic) bond motifs is 1. The number of amidine groups is 1. The van der Waals surface area contributed by atoms with E-state index in [9.17, 15) is 4.79 Å². The van der Waals surface area contributed by atoms with Crippen LogP contribution in [0.15, 0.2) is 41.4 Å². The number of carbonyl (C=O) groups excluding carboxylic acids is 1. The highest BCUT2D eigenvalue weighted by molar-refractivity contribution is 6.53. The maximum atomic E-state index is 12.3. The first-order valence-corrected chi connectivity index (χ1v) is 6.76. The van der Waals surface area contributed by atoms with Gasteiger partial charge >= 0.3 is 0 Å². The quantitative estimate of drug-likeness (QED) is 0.834. The Hall–Kier alpha value is -1.84. The maximum absolute atomic E-state index is 12.3. The van der Waals surface area contributed by atoms with Crippen LogP contribution in [0.1, 0.15) is 15.9 Å². The SMILES string of the molecule is Cc1cc(Cl)cc2c1N=C(Nc1ccc(Cl)cc1)C2=O. The number of hydrogen-bond donors (Lipinski definition) is 1. The summed E-state index contributed by atoms with van der Waals surface area (Å²) in [5.41, 5.74) is 2.86. The highest BCUT2D eigenvalue weighted by Crippen LogP contribution is 2.33. The van der Waals surface area contributed by atoms with Crippen LogP contribution in [0, 0.1) is 6.92 Å². The average molecular weight is 305 g/mol. The second-order valence-electron chi connectivity index (χ2n) is 4.54. The van der Waals surface area contributed by atoms with Gasteiger partial charge in [-0.2, -0.15) is 0 Å². The zero-order chi connectivity index (χ0) is 14.3. The van der Waals surface area contributed by atoms with Crippen LogP contribution in [0.25, 0.3) is 0 Å². The first-order chi connectivity index (χ1) is 9.54. The van der Waals surface area contributed by atoms with Crippen molar-refractivity contribution in [3.63, 3.8) is 0 Å². The largest absolute Gasteiger partial charge is 0.337 e. The first kappa shape index (κ1) is 13.2.